The van der Waals surface area contributed by atoms with Gasteiger partial charge in [-0.2, -0.15) is 4.98 Å². The molecule has 0 aliphatic carbocycles. The summed E-state index contributed by atoms with van der Waals surface area (Å²) >= 11 is 0. The number of fused-ring (bicyclic) bond motifs is 1. The van der Waals surface area contributed by atoms with Crippen LogP contribution in [-0.4, -0.2) is 70.8 Å². The number of ether oxygens (including phenoxy) is 2. The minimum Gasteiger partial charge on any atom is -0.489 e. The van der Waals surface area contributed by atoms with Gasteiger partial charge in [-0.15, -0.1) is 5.10 Å². The Bertz CT molecular complexity index is 1900. The molecule has 1 amide bonds. The smallest absolute Gasteiger partial charge is 0.254 e. The van der Waals surface area contributed by atoms with Crippen LogP contribution < -0.4 is 10.1 Å². The molecule has 7 rings (SSSR count). The molecule has 234 valence electrons. The van der Waals surface area contributed by atoms with E-state index in [1.807, 2.05) is 42.6 Å². The van der Waals surface area contributed by atoms with Crippen LogP contribution in [0.4, 0.5) is 20.4 Å². The molecule has 0 atom stereocenters. The highest BCUT2D eigenvalue weighted by Gasteiger charge is 2.50. The molecule has 0 saturated carbocycles. The SMILES string of the molecule is O=C(Cc1ccc(F)cc1)Cc1ccc(-c2ccc3nc(Nc4ccc(C(=O)N5CC6(COC6)C5)cc4OCCF)nn3c2)cc1. The molecule has 2 aliphatic heterocycles. The van der Waals surface area contributed by atoms with E-state index in [0.29, 0.717) is 54.9 Å². The van der Waals surface area contributed by atoms with Crippen LogP contribution in [-0.2, 0) is 22.4 Å². The maximum Gasteiger partial charge on any atom is 0.254 e. The molecule has 2 aromatic heterocycles. The van der Waals surface area contributed by atoms with E-state index in [4.69, 9.17) is 9.47 Å². The second-order valence-corrected chi connectivity index (χ2v) is 11.9. The van der Waals surface area contributed by atoms with Gasteiger partial charge in [0.2, 0.25) is 5.95 Å². The van der Waals surface area contributed by atoms with Crippen molar-refractivity contribution in [2.24, 2.45) is 5.41 Å². The lowest BCUT2D eigenvalue weighted by atomic mass is 9.78. The number of amides is 1. The minimum atomic E-state index is -0.672. The third-order valence-electron chi connectivity index (χ3n) is 8.30. The summed E-state index contributed by atoms with van der Waals surface area (Å²) in [6, 6.07) is 22.6. The van der Waals surface area contributed by atoms with Crippen molar-refractivity contribution in [3.05, 3.63) is 108 Å². The van der Waals surface area contributed by atoms with Crippen molar-refractivity contribution < 1.29 is 27.8 Å². The quantitative estimate of drug-likeness (QED) is 0.209. The Morgan fingerprint density at radius 3 is 2.28 bits per heavy atom. The van der Waals surface area contributed by atoms with E-state index >= 15 is 0 Å². The normalized spacial score (nSPS) is 15.0. The Balaban J connectivity index is 1.03. The van der Waals surface area contributed by atoms with Gasteiger partial charge in [-0.25, -0.2) is 13.3 Å². The standard InChI is InChI=1S/C35H31F2N5O4/c36-13-14-46-31-17-26(33(44)41-19-35(20-41)21-45-22-35)7-11-30(31)38-34-39-32-12-8-27(18-42(32)40-34)25-5-1-23(2-6-25)15-29(43)16-24-3-9-28(37)10-4-24/h1-12,17-18H,13-16,19-22H2,(H,38,40). The molecule has 0 radical (unpaired) electrons. The number of ketones is 1. The number of rotatable bonds is 11. The summed E-state index contributed by atoms with van der Waals surface area (Å²) in [5.74, 6) is 0.276. The van der Waals surface area contributed by atoms with Gasteiger partial charge in [0, 0.05) is 43.3 Å². The number of hydrogen-bond acceptors (Lipinski definition) is 7. The van der Waals surface area contributed by atoms with Crippen molar-refractivity contribution >= 4 is 29.0 Å². The van der Waals surface area contributed by atoms with Crippen LogP contribution in [0, 0.1) is 11.2 Å². The van der Waals surface area contributed by atoms with E-state index in [9.17, 15) is 18.4 Å². The summed E-state index contributed by atoms with van der Waals surface area (Å²) in [5.41, 5.74) is 5.22. The van der Waals surface area contributed by atoms with Gasteiger partial charge in [-0.05, 0) is 59.2 Å². The van der Waals surface area contributed by atoms with E-state index in [1.54, 1.807) is 39.7 Å². The Hall–Kier alpha value is -5.16. The van der Waals surface area contributed by atoms with E-state index in [2.05, 4.69) is 15.4 Å². The summed E-state index contributed by atoms with van der Waals surface area (Å²) in [7, 11) is 0. The van der Waals surface area contributed by atoms with Crippen LogP contribution in [0.3, 0.4) is 0 Å². The second-order valence-electron chi connectivity index (χ2n) is 11.9. The number of anilines is 2. The lowest BCUT2D eigenvalue weighted by molar-refractivity contribution is -0.176. The summed E-state index contributed by atoms with van der Waals surface area (Å²) in [5, 5.41) is 7.72. The number of Topliss-reactive ketones (excluding diaryl/α,β-unsaturated/α-hetero) is 1. The number of hydrogen-bond donors (Lipinski definition) is 1. The number of alkyl halides is 1. The van der Waals surface area contributed by atoms with E-state index in [-0.39, 0.29) is 42.4 Å². The van der Waals surface area contributed by atoms with Crippen molar-refractivity contribution in [3.63, 3.8) is 0 Å². The molecule has 4 heterocycles. The number of aromatic nitrogens is 3. The summed E-state index contributed by atoms with van der Waals surface area (Å²) in [6.07, 6.45) is 2.40. The van der Waals surface area contributed by atoms with Gasteiger partial charge in [-0.3, -0.25) is 9.59 Å². The first kappa shape index (κ1) is 29.5. The Morgan fingerprint density at radius 2 is 1.61 bits per heavy atom. The van der Waals surface area contributed by atoms with Crippen molar-refractivity contribution in [2.75, 3.05) is 44.9 Å². The Labute approximate surface area is 263 Å². The van der Waals surface area contributed by atoms with Crippen LogP contribution in [0.25, 0.3) is 16.8 Å². The molecule has 2 aliphatic rings. The van der Waals surface area contributed by atoms with Crippen LogP contribution >= 0.6 is 0 Å². The number of carbonyl (C=O) groups excluding carboxylic acids is 2. The van der Waals surface area contributed by atoms with Gasteiger partial charge in [0.25, 0.3) is 5.91 Å². The Kier molecular flexibility index (Phi) is 7.91. The van der Waals surface area contributed by atoms with E-state index in [0.717, 1.165) is 22.3 Å². The van der Waals surface area contributed by atoms with Crippen LogP contribution in [0.5, 0.6) is 5.75 Å². The highest BCUT2D eigenvalue weighted by Crippen LogP contribution is 2.39. The van der Waals surface area contributed by atoms with Crippen LogP contribution in [0.2, 0.25) is 0 Å². The molecular weight excluding hydrogens is 592 g/mol. The number of benzene rings is 3. The van der Waals surface area contributed by atoms with E-state index < -0.39 is 6.67 Å². The van der Waals surface area contributed by atoms with Crippen LogP contribution in [0.1, 0.15) is 21.5 Å². The van der Waals surface area contributed by atoms with Crippen molar-refractivity contribution in [2.45, 2.75) is 12.8 Å². The number of nitrogens with one attached hydrogen (secondary N) is 1. The molecule has 0 unspecified atom stereocenters. The first-order valence-corrected chi connectivity index (χ1v) is 15.1. The fourth-order valence-electron chi connectivity index (χ4n) is 5.85. The molecule has 0 bridgehead atoms. The van der Waals surface area contributed by atoms with Crippen molar-refractivity contribution in [1.82, 2.24) is 19.5 Å². The third kappa shape index (κ3) is 6.18. The first-order valence-electron chi connectivity index (χ1n) is 15.1. The maximum absolute atomic E-state index is 13.1. The van der Waals surface area contributed by atoms with Gasteiger partial charge in [0.15, 0.2) is 5.65 Å². The maximum atomic E-state index is 13.1. The fourth-order valence-corrected chi connectivity index (χ4v) is 5.85. The van der Waals surface area contributed by atoms with Gasteiger partial charge in [-0.1, -0.05) is 36.4 Å². The number of halogens is 2. The van der Waals surface area contributed by atoms with Gasteiger partial charge >= 0.3 is 0 Å². The number of likely N-dealkylation sites (tertiary alicyclic amines) is 1. The van der Waals surface area contributed by atoms with Gasteiger partial charge in [0.05, 0.1) is 24.3 Å². The average Bonchev–Trinajstić information content (AvgIpc) is 3.42. The molecule has 2 fully saturated rings. The minimum absolute atomic E-state index is 0.0523. The number of pyridine rings is 1. The molecule has 1 N–H and O–H groups in total. The van der Waals surface area contributed by atoms with Crippen molar-refractivity contribution in [1.29, 1.82) is 0 Å². The summed E-state index contributed by atoms with van der Waals surface area (Å²) in [4.78, 5) is 31.9. The molecule has 46 heavy (non-hydrogen) atoms. The monoisotopic (exact) mass is 623 g/mol. The van der Waals surface area contributed by atoms with Gasteiger partial charge < -0.3 is 19.7 Å². The average molecular weight is 624 g/mol. The molecular formula is C35H31F2N5O4. The zero-order valence-electron chi connectivity index (χ0n) is 24.9. The first-order chi connectivity index (χ1) is 22.4. The topological polar surface area (TPSA) is 98.1 Å². The molecule has 9 nitrogen and oxygen atoms in total. The summed E-state index contributed by atoms with van der Waals surface area (Å²) < 4.78 is 38.8. The third-order valence-corrected chi connectivity index (χ3v) is 8.30. The lowest BCUT2D eigenvalue weighted by Crippen LogP contribution is -2.67. The van der Waals surface area contributed by atoms with Crippen LogP contribution in [0.15, 0.2) is 85.1 Å². The number of carbonyl (C=O) groups is 2. The summed E-state index contributed by atoms with van der Waals surface area (Å²) in [6.45, 7) is 1.89. The van der Waals surface area contributed by atoms with E-state index in [1.165, 1.54) is 12.1 Å². The molecule has 3 aromatic carbocycles. The highest BCUT2D eigenvalue weighted by atomic mass is 19.1. The zero-order valence-corrected chi connectivity index (χ0v) is 24.9. The molecule has 11 heteroatoms. The zero-order chi connectivity index (χ0) is 31.7. The largest absolute Gasteiger partial charge is 0.489 e. The molecule has 5 aromatic rings. The predicted octanol–water partition coefficient (Wildman–Crippen LogP) is 5.45. The highest BCUT2D eigenvalue weighted by molar-refractivity contribution is 5.96. The fraction of sp³-hybridized carbons (Fsp3) is 0.257. The molecule has 1 spiro atoms. The Morgan fingerprint density at radius 1 is 0.913 bits per heavy atom. The van der Waals surface area contributed by atoms with Crippen molar-refractivity contribution in [3.8, 4) is 16.9 Å². The molecule has 2 saturated heterocycles. The number of nitrogens with zero attached hydrogens (tertiary/aromatic N) is 4. The van der Waals surface area contributed by atoms with Gasteiger partial charge in [0.1, 0.15) is 30.6 Å². The second kappa shape index (κ2) is 12.3. The predicted molar refractivity (Wildman–Crippen MR) is 168 cm³/mol. The lowest BCUT2D eigenvalue weighted by Gasteiger charge is -2.54.